The third-order valence-corrected chi connectivity index (χ3v) is 3.22. The van der Waals surface area contributed by atoms with E-state index in [1.807, 2.05) is 10.8 Å². The second-order valence-corrected chi connectivity index (χ2v) is 4.77. The minimum Gasteiger partial charge on any atom is -0.379 e. The predicted octanol–water partition coefficient (Wildman–Crippen LogP) is 1.44. The van der Waals surface area contributed by atoms with E-state index in [0.717, 1.165) is 35.5 Å². The molecule has 2 aromatic rings. The van der Waals surface area contributed by atoms with Crippen LogP contribution in [0.1, 0.15) is 0 Å². The second-order valence-electron chi connectivity index (χ2n) is 3.39. The molecule has 0 aliphatic rings. The molecule has 0 aliphatic heterocycles. The molecule has 0 amide bonds. The summed E-state index contributed by atoms with van der Waals surface area (Å²) < 4.78 is 7.44. The summed E-state index contributed by atoms with van der Waals surface area (Å²) in [6, 6.07) is 0. The third-order valence-electron chi connectivity index (χ3n) is 2.30. The van der Waals surface area contributed by atoms with Crippen molar-refractivity contribution in [3.05, 3.63) is 12.7 Å². The minimum absolute atomic E-state index is 0.679. The number of nitrogens with zero attached hydrogens (tertiary/aromatic N) is 4. The van der Waals surface area contributed by atoms with Crippen molar-refractivity contribution < 1.29 is 4.74 Å². The van der Waals surface area contributed by atoms with Crippen molar-refractivity contribution in [3.8, 4) is 0 Å². The zero-order valence-electron chi connectivity index (χ0n) is 9.67. The number of imidazole rings is 1. The first-order valence-corrected chi connectivity index (χ1v) is 7.38. The lowest BCUT2D eigenvalue weighted by Crippen LogP contribution is -2.07. The maximum atomic E-state index is 5.44. The van der Waals surface area contributed by atoms with Gasteiger partial charge in [-0.05, 0) is 12.4 Å². The quantitative estimate of drug-likeness (QED) is 0.344. The zero-order valence-corrected chi connectivity index (χ0v) is 11.6. The van der Waals surface area contributed by atoms with Gasteiger partial charge in [-0.15, -0.1) is 21.0 Å². The van der Waals surface area contributed by atoms with E-state index >= 15 is 0 Å². The van der Waals surface area contributed by atoms with Gasteiger partial charge in [0.05, 0.1) is 19.5 Å². The van der Waals surface area contributed by atoms with Crippen molar-refractivity contribution in [1.29, 1.82) is 0 Å². The van der Waals surface area contributed by atoms with E-state index in [4.69, 9.17) is 4.74 Å². The zero-order chi connectivity index (χ0) is 12.1. The molecule has 0 spiro atoms. The van der Waals surface area contributed by atoms with Crippen LogP contribution in [0.5, 0.6) is 0 Å². The lowest BCUT2D eigenvalue weighted by molar-refractivity contribution is 0.142. The average molecular weight is 270 g/mol. The minimum atomic E-state index is 0.679. The number of ether oxygens (including phenoxy) is 1. The normalized spacial score (nSPS) is 11.2. The van der Waals surface area contributed by atoms with Crippen molar-refractivity contribution >= 4 is 32.2 Å². The van der Waals surface area contributed by atoms with Gasteiger partial charge in [-0.2, -0.15) is 0 Å². The fourth-order valence-corrected chi connectivity index (χ4v) is 2.18. The number of fused-ring (bicyclic) bond motifs is 1. The highest BCUT2D eigenvalue weighted by Crippen LogP contribution is 2.20. The Morgan fingerprint density at radius 2 is 2.24 bits per heavy atom. The molecule has 0 radical (unpaired) electrons. The Balaban J connectivity index is 2.13. The van der Waals surface area contributed by atoms with E-state index in [9.17, 15) is 0 Å². The van der Waals surface area contributed by atoms with Crippen molar-refractivity contribution in [3.63, 3.8) is 0 Å². The Bertz CT molecular complexity index is 490. The number of aromatic nitrogens is 4. The first-order valence-electron chi connectivity index (χ1n) is 5.34. The average Bonchev–Trinajstić information content (AvgIpc) is 2.78. The van der Waals surface area contributed by atoms with E-state index in [2.05, 4.69) is 24.2 Å². The molecular weight excluding hydrogens is 255 g/mol. The fourth-order valence-electron chi connectivity index (χ4n) is 1.52. The molecule has 2 rings (SSSR count). The molecule has 0 aromatic carbocycles. The summed E-state index contributed by atoms with van der Waals surface area (Å²) in [6.07, 6.45) is 6.32. The third kappa shape index (κ3) is 2.94. The summed E-state index contributed by atoms with van der Waals surface area (Å²) in [5, 5.41) is 0.916. The molecule has 1 unspecified atom stereocenters. The van der Waals surface area contributed by atoms with Crippen LogP contribution in [0.15, 0.2) is 17.7 Å². The Labute approximate surface area is 107 Å². The maximum absolute atomic E-state index is 5.44. The van der Waals surface area contributed by atoms with E-state index in [0.29, 0.717) is 6.61 Å². The van der Waals surface area contributed by atoms with Gasteiger partial charge in [-0.1, -0.05) is 0 Å². The van der Waals surface area contributed by atoms with Crippen LogP contribution in [0.4, 0.5) is 0 Å². The van der Waals surface area contributed by atoms with Crippen LogP contribution in [0.2, 0.25) is 0 Å². The molecular formula is C10H15N4OPS. The first kappa shape index (κ1) is 12.7. The standard InChI is InChI=1S/C10H15N4OPS/c1-17-10-8-9(11-6-12-10)14(7-13-8)2-3-15-4-5-16/h6-7H,2-5,16H2,1H3. The lowest BCUT2D eigenvalue weighted by atomic mass is 10.5. The van der Waals surface area contributed by atoms with Gasteiger partial charge in [0.1, 0.15) is 16.9 Å². The van der Waals surface area contributed by atoms with E-state index in [-0.39, 0.29) is 0 Å². The topological polar surface area (TPSA) is 52.8 Å². The molecule has 2 aromatic heterocycles. The van der Waals surface area contributed by atoms with Crippen LogP contribution in [0.3, 0.4) is 0 Å². The molecule has 0 N–H and O–H groups in total. The summed E-state index contributed by atoms with van der Waals surface area (Å²) in [5.41, 5.74) is 1.74. The van der Waals surface area contributed by atoms with Gasteiger partial charge in [0.2, 0.25) is 0 Å². The number of rotatable bonds is 6. The molecule has 7 heteroatoms. The van der Waals surface area contributed by atoms with Gasteiger partial charge in [0.25, 0.3) is 0 Å². The van der Waals surface area contributed by atoms with Gasteiger partial charge in [0.15, 0.2) is 5.65 Å². The molecule has 0 saturated heterocycles. The van der Waals surface area contributed by atoms with Gasteiger partial charge in [0, 0.05) is 6.54 Å². The predicted molar refractivity (Wildman–Crippen MR) is 72.5 cm³/mol. The van der Waals surface area contributed by atoms with Crippen LogP contribution >= 0.6 is 21.0 Å². The highest BCUT2D eigenvalue weighted by atomic mass is 32.2. The van der Waals surface area contributed by atoms with E-state index in [1.54, 1.807) is 24.4 Å². The summed E-state index contributed by atoms with van der Waals surface area (Å²) in [5.74, 6) is 0. The fraction of sp³-hybridized carbons (Fsp3) is 0.500. The summed E-state index contributed by atoms with van der Waals surface area (Å²) in [7, 11) is 2.64. The Hall–Kier alpha value is -0.710. The molecule has 1 atom stereocenters. The monoisotopic (exact) mass is 270 g/mol. The van der Waals surface area contributed by atoms with Gasteiger partial charge >= 0.3 is 0 Å². The van der Waals surface area contributed by atoms with E-state index < -0.39 is 0 Å². The molecule has 0 aliphatic carbocycles. The van der Waals surface area contributed by atoms with Crippen LogP contribution in [0.25, 0.3) is 11.2 Å². The molecule has 0 bridgehead atoms. The number of thioether (sulfide) groups is 1. The maximum Gasteiger partial charge on any atom is 0.164 e. The van der Waals surface area contributed by atoms with Crippen molar-refractivity contribution in [2.75, 3.05) is 25.6 Å². The highest BCUT2D eigenvalue weighted by molar-refractivity contribution is 7.98. The number of hydrogen-bond donors (Lipinski definition) is 0. The van der Waals surface area contributed by atoms with Gasteiger partial charge in [-0.3, -0.25) is 0 Å². The lowest BCUT2D eigenvalue weighted by Gasteiger charge is -2.04. The smallest absolute Gasteiger partial charge is 0.164 e. The van der Waals surface area contributed by atoms with Crippen LogP contribution < -0.4 is 0 Å². The summed E-state index contributed by atoms with van der Waals surface area (Å²) in [4.78, 5) is 12.8. The number of hydrogen-bond acceptors (Lipinski definition) is 5. The van der Waals surface area contributed by atoms with Crippen LogP contribution in [0, 0.1) is 0 Å². The first-order chi connectivity index (χ1) is 8.36. The van der Waals surface area contributed by atoms with Gasteiger partial charge in [-0.25, -0.2) is 15.0 Å². The van der Waals surface area contributed by atoms with Gasteiger partial charge < -0.3 is 9.30 Å². The highest BCUT2D eigenvalue weighted by Gasteiger charge is 2.08. The molecule has 92 valence electrons. The van der Waals surface area contributed by atoms with Crippen molar-refractivity contribution in [2.24, 2.45) is 0 Å². The molecule has 5 nitrogen and oxygen atoms in total. The summed E-state index contributed by atoms with van der Waals surface area (Å²) in [6.45, 7) is 2.22. The molecule has 0 saturated carbocycles. The van der Waals surface area contributed by atoms with Crippen LogP contribution in [-0.4, -0.2) is 45.2 Å². The molecule has 17 heavy (non-hydrogen) atoms. The van der Waals surface area contributed by atoms with Crippen molar-refractivity contribution in [2.45, 2.75) is 11.6 Å². The summed E-state index contributed by atoms with van der Waals surface area (Å²) >= 11 is 1.58. The van der Waals surface area contributed by atoms with E-state index in [1.165, 1.54) is 0 Å². The Kier molecular flexibility index (Phi) is 4.71. The molecule has 2 heterocycles. The van der Waals surface area contributed by atoms with Crippen LogP contribution in [-0.2, 0) is 11.3 Å². The Morgan fingerprint density at radius 1 is 1.35 bits per heavy atom. The molecule has 0 fully saturated rings. The largest absolute Gasteiger partial charge is 0.379 e. The second kappa shape index (κ2) is 6.28. The Morgan fingerprint density at radius 3 is 3.00 bits per heavy atom. The SMILES string of the molecule is CSc1ncnc2c1ncn2CCOCCP. The van der Waals surface area contributed by atoms with Crippen molar-refractivity contribution in [1.82, 2.24) is 19.5 Å².